The van der Waals surface area contributed by atoms with Gasteiger partial charge in [0.1, 0.15) is 0 Å². The normalized spacial score (nSPS) is 27.0. The summed E-state index contributed by atoms with van der Waals surface area (Å²) in [4.78, 5) is 2.68. The van der Waals surface area contributed by atoms with E-state index in [9.17, 15) is 0 Å². The van der Waals surface area contributed by atoms with E-state index in [4.69, 9.17) is 0 Å². The topological polar surface area (TPSA) is 15.3 Å². The first-order valence-electron chi connectivity index (χ1n) is 6.78. The van der Waals surface area contributed by atoms with Crippen molar-refractivity contribution in [3.63, 3.8) is 0 Å². The fraction of sp³-hybridized carbons (Fsp3) is 1.00. The predicted octanol–water partition coefficient (Wildman–Crippen LogP) is 2.25. The Kier molecular flexibility index (Phi) is 4.04. The molecule has 2 aliphatic rings. The minimum atomic E-state index is 0.730. The van der Waals surface area contributed by atoms with Gasteiger partial charge in [-0.15, -0.1) is 0 Å². The summed E-state index contributed by atoms with van der Waals surface area (Å²) >= 11 is 0. The fourth-order valence-corrected chi connectivity index (χ4v) is 3.09. The fourth-order valence-electron chi connectivity index (χ4n) is 3.09. The molecule has 15 heavy (non-hydrogen) atoms. The van der Waals surface area contributed by atoms with Crippen molar-refractivity contribution < 1.29 is 0 Å². The van der Waals surface area contributed by atoms with Gasteiger partial charge in [-0.05, 0) is 70.2 Å². The zero-order chi connectivity index (χ0) is 10.6. The van der Waals surface area contributed by atoms with Gasteiger partial charge < -0.3 is 10.2 Å². The quantitative estimate of drug-likeness (QED) is 0.768. The van der Waals surface area contributed by atoms with Crippen LogP contribution >= 0.6 is 0 Å². The van der Waals surface area contributed by atoms with Gasteiger partial charge in [-0.1, -0.05) is 13.3 Å². The molecule has 0 amide bonds. The Morgan fingerprint density at radius 3 is 2.33 bits per heavy atom. The third-order valence-corrected chi connectivity index (χ3v) is 4.41. The monoisotopic (exact) mass is 210 g/mol. The van der Waals surface area contributed by atoms with Gasteiger partial charge in [0, 0.05) is 0 Å². The molecule has 1 spiro atoms. The van der Waals surface area contributed by atoms with Crippen LogP contribution in [0.2, 0.25) is 0 Å². The molecule has 2 saturated heterocycles. The summed E-state index contributed by atoms with van der Waals surface area (Å²) in [6.45, 7) is 8.87. The van der Waals surface area contributed by atoms with E-state index in [-0.39, 0.29) is 0 Å². The van der Waals surface area contributed by atoms with Gasteiger partial charge in [0.25, 0.3) is 0 Å². The maximum Gasteiger partial charge on any atom is -0.00134 e. The summed E-state index contributed by atoms with van der Waals surface area (Å²) in [5, 5.41) is 3.49. The van der Waals surface area contributed by atoms with E-state index in [1.165, 1.54) is 71.2 Å². The van der Waals surface area contributed by atoms with Gasteiger partial charge >= 0.3 is 0 Å². The number of nitrogens with one attached hydrogen (secondary N) is 1. The molecular weight excluding hydrogens is 184 g/mol. The number of likely N-dealkylation sites (tertiary alicyclic amines) is 1. The number of piperidine rings is 2. The van der Waals surface area contributed by atoms with E-state index in [0.29, 0.717) is 0 Å². The lowest BCUT2D eigenvalue weighted by molar-refractivity contribution is 0.0733. The predicted molar refractivity (Wildman–Crippen MR) is 65.1 cm³/mol. The molecule has 0 aromatic heterocycles. The van der Waals surface area contributed by atoms with Crippen LogP contribution in [0.15, 0.2) is 0 Å². The second kappa shape index (κ2) is 5.31. The molecule has 2 heteroatoms. The van der Waals surface area contributed by atoms with Crippen molar-refractivity contribution in [1.29, 1.82) is 0 Å². The molecule has 2 nitrogen and oxygen atoms in total. The van der Waals surface area contributed by atoms with Gasteiger partial charge in [0.2, 0.25) is 0 Å². The highest BCUT2D eigenvalue weighted by atomic mass is 15.1. The maximum absolute atomic E-state index is 3.49. The summed E-state index contributed by atoms with van der Waals surface area (Å²) in [5.74, 6) is 0. The highest BCUT2D eigenvalue weighted by Crippen LogP contribution is 2.39. The summed E-state index contributed by atoms with van der Waals surface area (Å²) in [5.41, 5.74) is 0.730. The summed E-state index contributed by atoms with van der Waals surface area (Å²) < 4.78 is 0. The molecule has 0 aliphatic carbocycles. The van der Waals surface area contributed by atoms with E-state index in [1.54, 1.807) is 0 Å². The highest BCUT2D eigenvalue weighted by molar-refractivity contribution is 4.89. The number of nitrogens with zero attached hydrogens (tertiary/aromatic N) is 1. The number of hydrogen-bond acceptors (Lipinski definition) is 2. The average molecular weight is 210 g/mol. The van der Waals surface area contributed by atoms with Crippen LogP contribution < -0.4 is 5.32 Å². The van der Waals surface area contributed by atoms with Crippen molar-refractivity contribution in [2.24, 2.45) is 5.41 Å². The molecule has 0 bridgehead atoms. The minimum Gasteiger partial charge on any atom is -0.317 e. The van der Waals surface area contributed by atoms with Crippen molar-refractivity contribution in [2.45, 2.75) is 45.4 Å². The Balaban J connectivity index is 1.75. The lowest BCUT2D eigenvalue weighted by atomic mass is 9.71. The van der Waals surface area contributed by atoms with Crippen molar-refractivity contribution in [1.82, 2.24) is 10.2 Å². The van der Waals surface area contributed by atoms with Gasteiger partial charge in [-0.3, -0.25) is 0 Å². The second-order valence-electron chi connectivity index (χ2n) is 5.45. The summed E-state index contributed by atoms with van der Waals surface area (Å²) in [7, 11) is 0. The van der Waals surface area contributed by atoms with E-state index >= 15 is 0 Å². The van der Waals surface area contributed by atoms with Gasteiger partial charge in [-0.25, -0.2) is 0 Å². The largest absolute Gasteiger partial charge is 0.317 e. The Morgan fingerprint density at radius 1 is 1.07 bits per heavy atom. The molecule has 0 saturated carbocycles. The van der Waals surface area contributed by atoms with E-state index in [0.717, 1.165) is 5.41 Å². The van der Waals surface area contributed by atoms with Crippen LogP contribution in [-0.2, 0) is 0 Å². The van der Waals surface area contributed by atoms with Crippen LogP contribution in [-0.4, -0.2) is 37.6 Å². The second-order valence-corrected chi connectivity index (χ2v) is 5.45. The Labute approximate surface area is 94.4 Å². The standard InChI is InChI=1S/C13H26N2/c1-2-3-10-15-11-6-13(7-12-15)4-8-14-9-5-13/h14H,2-12H2,1H3. The first-order valence-corrected chi connectivity index (χ1v) is 6.78. The molecular formula is C13H26N2. The summed E-state index contributed by atoms with van der Waals surface area (Å²) in [6.07, 6.45) is 8.49. The molecule has 0 radical (unpaired) electrons. The molecule has 0 unspecified atom stereocenters. The zero-order valence-corrected chi connectivity index (χ0v) is 10.2. The molecule has 0 aromatic carbocycles. The maximum atomic E-state index is 3.49. The Morgan fingerprint density at radius 2 is 1.73 bits per heavy atom. The van der Waals surface area contributed by atoms with Crippen LogP contribution in [0.4, 0.5) is 0 Å². The van der Waals surface area contributed by atoms with Gasteiger partial charge in [0.05, 0.1) is 0 Å². The lowest BCUT2D eigenvalue weighted by Crippen LogP contribution is -2.45. The van der Waals surface area contributed by atoms with E-state index in [2.05, 4.69) is 17.1 Å². The van der Waals surface area contributed by atoms with Crippen molar-refractivity contribution in [3.05, 3.63) is 0 Å². The number of unbranched alkanes of at least 4 members (excludes halogenated alkanes) is 1. The van der Waals surface area contributed by atoms with Crippen LogP contribution in [0.25, 0.3) is 0 Å². The average Bonchev–Trinajstić information content (AvgIpc) is 2.30. The first kappa shape index (κ1) is 11.4. The third-order valence-electron chi connectivity index (χ3n) is 4.41. The van der Waals surface area contributed by atoms with Gasteiger partial charge in [-0.2, -0.15) is 0 Å². The Bertz CT molecular complexity index is 175. The third kappa shape index (κ3) is 2.94. The number of rotatable bonds is 3. The van der Waals surface area contributed by atoms with Crippen LogP contribution in [0, 0.1) is 5.41 Å². The molecule has 88 valence electrons. The molecule has 0 atom stereocenters. The highest BCUT2D eigenvalue weighted by Gasteiger charge is 2.34. The molecule has 0 aromatic rings. The SMILES string of the molecule is CCCCN1CCC2(CCNCC2)CC1. The van der Waals surface area contributed by atoms with Crippen molar-refractivity contribution in [3.8, 4) is 0 Å². The number of hydrogen-bond donors (Lipinski definition) is 1. The van der Waals surface area contributed by atoms with Crippen LogP contribution in [0.1, 0.15) is 45.4 Å². The van der Waals surface area contributed by atoms with Crippen LogP contribution in [0.5, 0.6) is 0 Å². The molecule has 2 aliphatic heterocycles. The van der Waals surface area contributed by atoms with Crippen molar-refractivity contribution in [2.75, 3.05) is 32.7 Å². The summed E-state index contributed by atoms with van der Waals surface area (Å²) in [6, 6.07) is 0. The molecule has 2 rings (SSSR count). The lowest BCUT2D eigenvalue weighted by Gasteiger charge is -2.44. The first-order chi connectivity index (χ1) is 7.35. The molecule has 1 N–H and O–H groups in total. The van der Waals surface area contributed by atoms with E-state index in [1.807, 2.05) is 0 Å². The molecule has 2 heterocycles. The van der Waals surface area contributed by atoms with E-state index < -0.39 is 0 Å². The smallest absolute Gasteiger partial charge is 0.00134 e. The van der Waals surface area contributed by atoms with Crippen LogP contribution in [0.3, 0.4) is 0 Å². The van der Waals surface area contributed by atoms with Gasteiger partial charge in [0.15, 0.2) is 0 Å². The zero-order valence-electron chi connectivity index (χ0n) is 10.2. The minimum absolute atomic E-state index is 0.730. The molecule has 2 fully saturated rings. The Hall–Kier alpha value is -0.0800. The van der Waals surface area contributed by atoms with Crippen molar-refractivity contribution >= 4 is 0 Å².